The quantitative estimate of drug-likeness (QED) is 0.680. The molecule has 0 spiro atoms. The van der Waals surface area contributed by atoms with Gasteiger partial charge in [0.05, 0.1) is 17.2 Å². The van der Waals surface area contributed by atoms with Gasteiger partial charge in [-0.25, -0.2) is 13.4 Å². The smallest absolute Gasteiger partial charge is 0.226 e. The fourth-order valence-electron chi connectivity index (χ4n) is 3.39. The number of carbonyl (C=O) groups excluding carboxylic acids is 1. The van der Waals surface area contributed by atoms with Gasteiger partial charge in [0.25, 0.3) is 0 Å². The van der Waals surface area contributed by atoms with Crippen LogP contribution in [0.3, 0.4) is 0 Å². The van der Waals surface area contributed by atoms with Gasteiger partial charge in [0.15, 0.2) is 15.0 Å². The molecule has 0 bridgehead atoms. The molecule has 1 amide bonds. The maximum Gasteiger partial charge on any atom is 0.226 e. The summed E-state index contributed by atoms with van der Waals surface area (Å²) in [6, 6.07) is 18.3. The average Bonchev–Trinajstić information content (AvgIpc) is 3.28. The van der Waals surface area contributed by atoms with Crippen LogP contribution in [-0.2, 0) is 14.6 Å². The molecule has 5 nitrogen and oxygen atoms in total. The molecule has 1 atom stereocenters. The highest BCUT2D eigenvalue weighted by Crippen LogP contribution is 2.28. The van der Waals surface area contributed by atoms with Gasteiger partial charge in [-0.2, -0.15) is 0 Å². The number of carbonyl (C=O) groups is 1. The lowest BCUT2D eigenvalue weighted by molar-refractivity contribution is -0.116. The molecule has 0 aliphatic carbocycles. The Morgan fingerprint density at radius 2 is 1.71 bits per heavy atom. The lowest BCUT2D eigenvalue weighted by Crippen LogP contribution is -2.17. The number of rotatable bonds is 5. The Morgan fingerprint density at radius 3 is 2.39 bits per heavy atom. The van der Waals surface area contributed by atoms with Crippen LogP contribution < -0.4 is 5.32 Å². The van der Waals surface area contributed by atoms with E-state index in [1.807, 2.05) is 35.7 Å². The Labute approximate surface area is 168 Å². The van der Waals surface area contributed by atoms with E-state index in [1.54, 1.807) is 0 Å². The van der Waals surface area contributed by atoms with E-state index in [4.69, 9.17) is 0 Å². The fraction of sp³-hybridized carbons (Fsp3) is 0.238. The van der Waals surface area contributed by atoms with Crippen LogP contribution in [0, 0.1) is 5.92 Å². The van der Waals surface area contributed by atoms with Gasteiger partial charge >= 0.3 is 0 Å². The second kappa shape index (κ2) is 7.85. The lowest BCUT2D eigenvalue weighted by Gasteiger charge is -2.06. The van der Waals surface area contributed by atoms with Gasteiger partial charge in [-0.05, 0) is 23.5 Å². The Kier molecular flexibility index (Phi) is 5.28. The number of anilines is 1. The summed E-state index contributed by atoms with van der Waals surface area (Å²) >= 11 is 1.37. The van der Waals surface area contributed by atoms with Gasteiger partial charge in [0.1, 0.15) is 0 Å². The molecular weight excluding hydrogens is 392 g/mol. The molecule has 1 aliphatic heterocycles. The number of aromatic nitrogens is 1. The number of hydrogen-bond donors (Lipinski definition) is 1. The number of nitrogens with one attached hydrogen (secondary N) is 1. The highest BCUT2D eigenvalue weighted by Gasteiger charge is 2.29. The number of benzene rings is 2. The van der Waals surface area contributed by atoms with Crippen LogP contribution in [0.15, 0.2) is 60.0 Å². The summed E-state index contributed by atoms with van der Waals surface area (Å²) in [6.45, 7) is 0. The van der Waals surface area contributed by atoms with Crippen LogP contribution in [-0.4, -0.2) is 30.8 Å². The molecule has 144 valence electrons. The summed E-state index contributed by atoms with van der Waals surface area (Å²) < 4.78 is 23.0. The zero-order valence-corrected chi connectivity index (χ0v) is 16.8. The first-order valence-electron chi connectivity index (χ1n) is 9.10. The zero-order valence-electron chi connectivity index (χ0n) is 15.2. The molecule has 2 aromatic carbocycles. The predicted molar refractivity (Wildman–Crippen MR) is 113 cm³/mol. The summed E-state index contributed by atoms with van der Waals surface area (Å²) in [7, 11) is -2.96. The Morgan fingerprint density at radius 1 is 1.04 bits per heavy atom. The molecule has 7 heteroatoms. The van der Waals surface area contributed by atoms with Crippen molar-refractivity contribution in [1.29, 1.82) is 0 Å². The highest BCUT2D eigenvalue weighted by molar-refractivity contribution is 7.91. The zero-order chi connectivity index (χ0) is 19.6. The number of thiazole rings is 1. The summed E-state index contributed by atoms with van der Waals surface area (Å²) in [5.41, 5.74) is 4.09. The van der Waals surface area contributed by atoms with Crippen LogP contribution in [0.25, 0.3) is 22.4 Å². The number of sulfone groups is 1. The van der Waals surface area contributed by atoms with Crippen LogP contribution in [0.2, 0.25) is 0 Å². The summed E-state index contributed by atoms with van der Waals surface area (Å²) in [5.74, 6) is 0.0280. The SMILES string of the molecule is O=C(CC1CCS(=O)(=O)C1)Nc1nc(-c2ccc(-c3ccccc3)cc2)cs1. The van der Waals surface area contributed by atoms with Crippen LogP contribution in [0.4, 0.5) is 5.13 Å². The minimum atomic E-state index is -2.96. The average molecular weight is 413 g/mol. The molecule has 1 saturated heterocycles. The van der Waals surface area contributed by atoms with Crippen molar-refractivity contribution >= 4 is 32.2 Å². The molecule has 1 aromatic heterocycles. The Balaban J connectivity index is 1.39. The number of amides is 1. The minimum absolute atomic E-state index is 0.0880. The van der Waals surface area contributed by atoms with E-state index in [0.29, 0.717) is 11.6 Å². The normalized spacial score (nSPS) is 18.1. The molecule has 3 aromatic rings. The molecule has 1 aliphatic rings. The van der Waals surface area contributed by atoms with Gasteiger partial charge in [0, 0.05) is 17.4 Å². The van der Waals surface area contributed by atoms with Crippen LogP contribution in [0.5, 0.6) is 0 Å². The van der Waals surface area contributed by atoms with Crippen molar-refractivity contribution in [2.75, 3.05) is 16.8 Å². The summed E-state index contributed by atoms with van der Waals surface area (Å²) in [5, 5.41) is 5.24. The first-order valence-corrected chi connectivity index (χ1v) is 11.8. The van der Waals surface area contributed by atoms with Crippen molar-refractivity contribution in [2.45, 2.75) is 12.8 Å². The van der Waals surface area contributed by atoms with Crippen LogP contribution in [0.1, 0.15) is 12.8 Å². The third kappa shape index (κ3) is 4.48. The van der Waals surface area contributed by atoms with Crippen molar-refractivity contribution in [3.8, 4) is 22.4 Å². The molecule has 0 saturated carbocycles. The van der Waals surface area contributed by atoms with E-state index in [-0.39, 0.29) is 29.8 Å². The van der Waals surface area contributed by atoms with Gasteiger partial charge < -0.3 is 5.32 Å². The Bertz CT molecular complexity index is 1070. The lowest BCUT2D eigenvalue weighted by atomic mass is 10.0. The van der Waals surface area contributed by atoms with Gasteiger partial charge in [-0.15, -0.1) is 11.3 Å². The maximum absolute atomic E-state index is 12.2. The predicted octanol–water partition coefficient (Wildman–Crippen LogP) is 4.24. The van der Waals surface area contributed by atoms with Crippen molar-refractivity contribution in [1.82, 2.24) is 4.98 Å². The fourth-order valence-corrected chi connectivity index (χ4v) is 5.99. The topological polar surface area (TPSA) is 76.1 Å². The van der Waals surface area contributed by atoms with Gasteiger partial charge in [0.2, 0.25) is 5.91 Å². The molecule has 1 N–H and O–H groups in total. The molecule has 2 heterocycles. The standard InChI is InChI=1S/C21H20N2O3S2/c24-20(12-15-10-11-28(25,26)14-15)23-21-22-19(13-27-21)18-8-6-17(7-9-18)16-4-2-1-3-5-16/h1-9,13,15H,10-12,14H2,(H,22,23,24). The summed E-state index contributed by atoms with van der Waals surface area (Å²) in [4.78, 5) is 16.7. The summed E-state index contributed by atoms with van der Waals surface area (Å²) in [6.07, 6.45) is 0.784. The van der Waals surface area contributed by atoms with Gasteiger partial charge in [-0.3, -0.25) is 4.79 Å². The van der Waals surface area contributed by atoms with Crippen molar-refractivity contribution < 1.29 is 13.2 Å². The van der Waals surface area contributed by atoms with E-state index in [0.717, 1.165) is 22.4 Å². The third-order valence-corrected chi connectivity index (χ3v) is 7.43. The molecule has 0 radical (unpaired) electrons. The maximum atomic E-state index is 12.2. The first kappa shape index (κ1) is 18.8. The second-order valence-electron chi connectivity index (χ2n) is 7.00. The monoisotopic (exact) mass is 412 g/mol. The number of nitrogens with zero attached hydrogens (tertiary/aromatic N) is 1. The molecule has 4 rings (SSSR count). The van der Waals surface area contributed by atoms with Crippen molar-refractivity contribution in [2.24, 2.45) is 5.92 Å². The van der Waals surface area contributed by atoms with Gasteiger partial charge in [-0.1, -0.05) is 54.6 Å². The molecule has 1 fully saturated rings. The number of hydrogen-bond acceptors (Lipinski definition) is 5. The second-order valence-corrected chi connectivity index (χ2v) is 10.1. The van der Waals surface area contributed by atoms with E-state index < -0.39 is 9.84 Å². The van der Waals surface area contributed by atoms with E-state index >= 15 is 0 Å². The van der Waals surface area contributed by atoms with E-state index in [1.165, 1.54) is 11.3 Å². The minimum Gasteiger partial charge on any atom is -0.302 e. The van der Waals surface area contributed by atoms with Crippen LogP contribution >= 0.6 is 11.3 Å². The largest absolute Gasteiger partial charge is 0.302 e. The van der Waals surface area contributed by atoms with E-state index in [9.17, 15) is 13.2 Å². The Hall–Kier alpha value is -2.51. The molecule has 1 unspecified atom stereocenters. The molecular formula is C21H20N2O3S2. The third-order valence-electron chi connectivity index (χ3n) is 4.84. The van der Waals surface area contributed by atoms with E-state index in [2.05, 4.69) is 34.6 Å². The van der Waals surface area contributed by atoms with Crippen molar-refractivity contribution in [3.63, 3.8) is 0 Å². The van der Waals surface area contributed by atoms with Crippen molar-refractivity contribution in [3.05, 3.63) is 60.0 Å². The molecule has 28 heavy (non-hydrogen) atoms. The first-order chi connectivity index (χ1) is 13.5. The highest BCUT2D eigenvalue weighted by atomic mass is 32.2.